The number of hydrogen-bond donors (Lipinski definition) is 0. The summed E-state index contributed by atoms with van der Waals surface area (Å²) in [4.78, 5) is 20.3. The molecule has 0 radical (unpaired) electrons. The van der Waals surface area contributed by atoms with Gasteiger partial charge in [0.2, 0.25) is 0 Å². The molecule has 32 heavy (non-hydrogen) atoms. The minimum absolute atomic E-state index is 0.0164. The summed E-state index contributed by atoms with van der Waals surface area (Å²) in [5.41, 5.74) is 1.83. The Kier molecular flexibility index (Phi) is 7.00. The quantitative estimate of drug-likeness (QED) is 0.275. The van der Waals surface area contributed by atoms with Gasteiger partial charge in [0, 0.05) is 21.2 Å². The molecule has 0 aliphatic rings. The fraction of sp³-hybridized carbons (Fsp3) is 0.0800. The fourth-order valence-electron chi connectivity index (χ4n) is 2.91. The molecule has 0 N–H and O–H groups in total. The van der Waals surface area contributed by atoms with E-state index in [1.807, 2.05) is 36.4 Å². The normalized spacial score (nSPS) is 11.6. The Morgan fingerprint density at radius 2 is 1.06 bits per heavy atom. The molecule has 0 saturated heterocycles. The van der Waals surface area contributed by atoms with Gasteiger partial charge in [0.25, 0.3) is 0 Å². The predicted octanol–water partition coefficient (Wildman–Crippen LogP) is 6.62. The van der Waals surface area contributed by atoms with Gasteiger partial charge in [0.1, 0.15) is 23.0 Å². The fourth-order valence-corrected chi connectivity index (χ4v) is 3.16. The van der Waals surface area contributed by atoms with Crippen LogP contribution in [0.2, 0.25) is 10.0 Å². The van der Waals surface area contributed by atoms with Crippen molar-refractivity contribution in [2.45, 2.75) is 0 Å². The number of carbonyl (C=O) groups excluding carboxylic acids is 1. The van der Waals surface area contributed by atoms with Crippen molar-refractivity contribution in [2.75, 3.05) is 13.1 Å². The van der Waals surface area contributed by atoms with Crippen molar-refractivity contribution in [1.82, 2.24) is 0 Å². The Hall–Kier alpha value is -3.41. The van der Waals surface area contributed by atoms with Gasteiger partial charge in [-0.3, -0.25) is 14.8 Å². The zero-order valence-electron chi connectivity index (χ0n) is 16.9. The van der Waals surface area contributed by atoms with Crippen molar-refractivity contribution in [3.63, 3.8) is 0 Å². The first kappa shape index (κ1) is 21.8. The van der Waals surface area contributed by atoms with Crippen LogP contribution >= 0.6 is 23.2 Å². The number of hydrogen-bond acceptors (Lipinski definition) is 5. The van der Waals surface area contributed by atoms with E-state index in [0.29, 0.717) is 33.1 Å². The van der Waals surface area contributed by atoms with Crippen LogP contribution in [0.4, 0.5) is 0 Å². The summed E-state index contributed by atoms with van der Waals surface area (Å²) in [6.45, 7) is 0.0327. The number of Topliss-reactive ketones (excluding diaryl/α,β-unsaturated/α-hetero) is 1. The van der Waals surface area contributed by atoms with Crippen molar-refractivity contribution in [2.24, 2.45) is 9.98 Å². The standard InChI is InChI=1S/C25H18Cl2N2O3/c26-19-5-1-17(2-6-19)24-11-9-22(31-24)15-28-13-21(30)14-29-16-23-10-12-25(32-23)18-3-7-20(27)8-4-18/h1-12,15-16H,13-14H2. The monoisotopic (exact) mass is 464 g/mol. The minimum Gasteiger partial charge on any atom is -0.455 e. The molecule has 0 amide bonds. The van der Waals surface area contributed by atoms with E-state index in [2.05, 4.69) is 9.98 Å². The summed E-state index contributed by atoms with van der Waals surface area (Å²) in [5.74, 6) is 2.42. The van der Waals surface area contributed by atoms with Crippen LogP contribution in [0.25, 0.3) is 22.6 Å². The van der Waals surface area contributed by atoms with Crippen molar-refractivity contribution in [1.29, 1.82) is 0 Å². The largest absolute Gasteiger partial charge is 0.455 e. The maximum atomic E-state index is 12.0. The molecule has 7 heteroatoms. The van der Waals surface area contributed by atoms with E-state index in [-0.39, 0.29) is 18.9 Å². The van der Waals surface area contributed by atoms with Crippen molar-refractivity contribution >= 4 is 41.4 Å². The number of halogens is 2. The molecule has 2 aromatic heterocycles. The summed E-state index contributed by atoms with van der Waals surface area (Å²) in [5, 5.41) is 1.33. The number of aliphatic imine (C=N–C) groups is 2. The number of rotatable bonds is 8. The molecule has 2 heterocycles. The number of benzene rings is 2. The molecule has 0 aliphatic heterocycles. The highest BCUT2D eigenvalue weighted by molar-refractivity contribution is 6.30. The van der Waals surface area contributed by atoms with E-state index < -0.39 is 0 Å². The van der Waals surface area contributed by atoms with Crippen LogP contribution in [0.3, 0.4) is 0 Å². The third kappa shape index (κ3) is 5.84. The average molecular weight is 465 g/mol. The van der Waals surface area contributed by atoms with Crippen molar-refractivity contribution < 1.29 is 13.6 Å². The summed E-state index contributed by atoms with van der Waals surface area (Å²) in [6.07, 6.45) is 3.07. The molecule has 5 nitrogen and oxygen atoms in total. The second-order valence-electron chi connectivity index (χ2n) is 6.90. The first-order valence-corrected chi connectivity index (χ1v) is 10.6. The van der Waals surface area contributed by atoms with Gasteiger partial charge in [-0.2, -0.15) is 0 Å². The van der Waals surface area contributed by atoms with E-state index in [1.54, 1.807) is 36.4 Å². The summed E-state index contributed by atoms with van der Waals surface area (Å²) >= 11 is 11.8. The molecule has 0 atom stereocenters. The van der Waals surface area contributed by atoms with Crippen LogP contribution in [-0.2, 0) is 4.79 Å². The molecular formula is C25H18Cl2N2O3. The van der Waals surface area contributed by atoms with Crippen LogP contribution in [0.1, 0.15) is 11.5 Å². The molecule has 0 bridgehead atoms. The van der Waals surface area contributed by atoms with E-state index in [1.165, 1.54) is 12.4 Å². The zero-order valence-corrected chi connectivity index (χ0v) is 18.4. The molecule has 0 spiro atoms. The lowest BCUT2D eigenvalue weighted by Gasteiger charge is -1.96. The molecule has 160 valence electrons. The van der Waals surface area contributed by atoms with Crippen molar-refractivity contribution in [3.05, 3.63) is 94.4 Å². The maximum Gasteiger partial charge on any atom is 0.175 e. The van der Waals surface area contributed by atoms with Gasteiger partial charge in [0.05, 0.1) is 25.5 Å². The molecule has 0 unspecified atom stereocenters. The number of furan rings is 2. The second-order valence-corrected chi connectivity index (χ2v) is 7.77. The summed E-state index contributed by atoms with van der Waals surface area (Å²) in [7, 11) is 0. The lowest BCUT2D eigenvalue weighted by molar-refractivity contribution is -0.116. The maximum absolute atomic E-state index is 12.0. The van der Waals surface area contributed by atoms with Crippen LogP contribution in [0.5, 0.6) is 0 Å². The van der Waals surface area contributed by atoms with Crippen LogP contribution < -0.4 is 0 Å². The highest BCUT2D eigenvalue weighted by atomic mass is 35.5. The van der Waals surface area contributed by atoms with Gasteiger partial charge < -0.3 is 8.83 Å². The van der Waals surface area contributed by atoms with Crippen LogP contribution in [0.15, 0.2) is 91.6 Å². The van der Waals surface area contributed by atoms with E-state index in [0.717, 1.165) is 11.1 Å². The van der Waals surface area contributed by atoms with Crippen LogP contribution in [-0.4, -0.2) is 31.3 Å². The molecule has 0 aliphatic carbocycles. The molecular weight excluding hydrogens is 447 g/mol. The highest BCUT2D eigenvalue weighted by Gasteiger charge is 2.05. The first-order chi connectivity index (χ1) is 15.6. The highest BCUT2D eigenvalue weighted by Crippen LogP contribution is 2.24. The molecule has 4 rings (SSSR count). The molecule has 0 saturated carbocycles. The predicted molar refractivity (Wildman–Crippen MR) is 128 cm³/mol. The lowest BCUT2D eigenvalue weighted by atomic mass is 10.2. The van der Waals surface area contributed by atoms with Crippen molar-refractivity contribution in [3.8, 4) is 22.6 Å². The topological polar surface area (TPSA) is 68.1 Å². The second kappa shape index (κ2) is 10.3. The molecule has 0 fully saturated rings. The Balaban J connectivity index is 1.26. The molecule has 2 aromatic carbocycles. The van der Waals surface area contributed by atoms with Gasteiger partial charge in [-0.15, -0.1) is 0 Å². The SMILES string of the molecule is O=C(CN=Cc1ccc(-c2ccc(Cl)cc2)o1)CN=Cc1ccc(-c2ccc(Cl)cc2)o1. The minimum atomic E-state index is -0.119. The zero-order chi connectivity index (χ0) is 22.3. The number of ketones is 1. The Morgan fingerprint density at radius 1 is 0.656 bits per heavy atom. The van der Waals surface area contributed by atoms with E-state index in [4.69, 9.17) is 32.0 Å². The summed E-state index contributed by atoms with van der Waals surface area (Å²) in [6, 6.07) is 22.0. The third-order valence-corrected chi connectivity index (χ3v) is 4.99. The van der Waals surface area contributed by atoms with Gasteiger partial charge in [-0.05, 0) is 72.8 Å². The Morgan fingerprint density at radius 3 is 1.47 bits per heavy atom. The van der Waals surface area contributed by atoms with Gasteiger partial charge in [-0.1, -0.05) is 23.2 Å². The number of nitrogens with zero attached hydrogens (tertiary/aromatic N) is 2. The van der Waals surface area contributed by atoms with Crippen LogP contribution in [0, 0.1) is 0 Å². The Labute approximate surface area is 195 Å². The van der Waals surface area contributed by atoms with Gasteiger partial charge >= 0.3 is 0 Å². The lowest BCUT2D eigenvalue weighted by Crippen LogP contribution is -2.07. The van der Waals surface area contributed by atoms with Gasteiger partial charge in [-0.25, -0.2) is 0 Å². The smallest absolute Gasteiger partial charge is 0.175 e. The Bertz CT molecular complexity index is 1160. The third-order valence-electron chi connectivity index (χ3n) is 4.48. The summed E-state index contributed by atoms with van der Waals surface area (Å²) < 4.78 is 11.4. The van der Waals surface area contributed by atoms with E-state index >= 15 is 0 Å². The number of carbonyl (C=O) groups is 1. The van der Waals surface area contributed by atoms with E-state index in [9.17, 15) is 4.79 Å². The first-order valence-electron chi connectivity index (χ1n) is 9.80. The molecule has 4 aromatic rings. The average Bonchev–Trinajstić information content (AvgIpc) is 3.45. The van der Waals surface area contributed by atoms with Gasteiger partial charge in [0.15, 0.2) is 5.78 Å².